The molecule has 0 fully saturated rings. The summed E-state index contributed by atoms with van der Waals surface area (Å²) < 4.78 is 6.99. The van der Waals surface area contributed by atoms with Crippen LogP contribution in [0.4, 0.5) is 5.69 Å². The van der Waals surface area contributed by atoms with Crippen molar-refractivity contribution in [2.24, 2.45) is 7.05 Å². The molecule has 7 heteroatoms. The van der Waals surface area contributed by atoms with Gasteiger partial charge in [0, 0.05) is 11.9 Å². The number of hydrogen-bond acceptors (Lipinski definition) is 5. The van der Waals surface area contributed by atoms with Gasteiger partial charge in [-0.1, -0.05) is 6.07 Å². The maximum Gasteiger partial charge on any atom is 0.317 e. The van der Waals surface area contributed by atoms with Crippen molar-refractivity contribution in [3.05, 3.63) is 40.7 Å². The minimum Gasteiger partial charge on any atom is -0.452 e. The summed E-state index contributed by atoms with van der Waals surface area (Å²) >= 11 is 1.44. The van der Waals surface area contributed by atoms with Crippen LogP contribution >= 0.6 is 11.8 Å². The van der Waals surface area contributed by atoms with Gasteiger partial charge in [-0.25, -0.2) is 0 Å². The molecule has 144 valence electrons. The van der Waals surface area contributed by atoms with Crippen LogP contribution in [0.2, 0.25) is 0 Å². The summed E-state index contributed by atoms with van der Waals surface area (Å²) in [6, 6.07) is 6.35. The number of aromatic nitrogens is 2. The second-order valence-electron chi connectivity index (χ2n) is 6.86. The molecule has 3 rings (SSSR count). The van der Waals surface area contributed by atoms with Crippen LogP contribution in [-0.4, -0.2) is 33.5 Å². The Hall–Kier alpha value is -2.28. The van der Waals surface area contributed by atoms with Crippen LogP contribution in [0.5, 0.6) is 0 Å². The topological polar surface area (TPSA) is 73.2 Å². The van der Waals surface area contributed by atoms with Crippen molar-refractivity contribution in [2.45, 2.75) is 51.0 Å². The van der Waals surface area contributed by atoms with E-state index in [1.165, 1.54) is 29.3 Å². The average molecular weight is 388 g/mol. The van der Waals surface area contributed by atoms with Crippen LogP contribution in [-0.2, 0) is 34.2 Å². The van der Waals surface area contributed by atoms with Crippen molar-refractivity contribution < 1.29 is 14.3 Å². The smallest absolute Gasteiger partial charge is 0.317 e. The van der Waals surface area contributed by atoms with Crippen LogP contribution in [0.15, 0.2) is 23.1 Å². The summed E-state index contributed by atoms with van der Waals surface area (Å²) in [7, 11) is 1.82. The Balaban J connectivity index is 1.50. The number of esters is 1. The maximum atomic E-state index is 12.3. The normalized spacial score (nSPS) is 13.9. The molecule has 0 radical (unpaired) electrons. The lowest BCUT2D eigenvalue weighted by Gasteiger charge is -2.14. The molecule has 2 aromatic rings. The van der Waals surface area contributed by atoms with Gasteiger partial charge in [0.25, 0.3) is 5.91 Å². The van der Waals surface area contributed by atoms with Gasteiger partial charge in [-0.3, -0.25) is 14.3 Å². The summed E-state index contributed by atoms with van der Waals surface area (Å²) in [5, 5.41) is 7.06. The Morgan fingerprint density at radius 1 is 1.30 bits per heavy atom. The number of carbonyl (C=O) groups is 2. The highest BCUT2D eigenvalue weighted by atomic mass is 32.2. The highest BCUT2D eigenvalue weighted by Crippen LogP contribution is 2.27. The molecule has 1 unspecified atom stereocenters. The number of nitrogens with one attached hydrogen (secondary N) is 1. The van der Waals surface area contributed by atoms with Crippen LogP contribution in [0.1, 0.15) is 35.9 Å². The maximum absolute atomic E-state index is 12.3. The van der Waals surface area contributed by atoms with Gasteiger partial charge >= 0.3 is 5.97 Å². The van der Waals surface area contributed by atoms with E-state index in [9.17, 15) is 9.59 Å². The Kier molecular flexibility index (Phi) is 5.89. The lowest BCUT2D eigenvalue weighted by Crippen LogP contribution is -2.30. The Bertz CT molecular complexity index is 876. The molecule has 0 bridgehead atoms. The third-order valence-corrected chi connectivity index (χ3v) is 5.83. The molecule has 1 N–H and O–H groups in total. The number of aryl methyl sites for hydroxylation is 4. The molecule has 1 aliphatic rings. The van der Waals surface area contributed by atoms with E-state index in [1.54, 1.807) is 11.6 Å². The van der Waals surface area contributed by atoms with E-state index in [2.05, 4.69) is 22.5 Å². The lowest BCUT2D eigenvalue weighted by molar-refractivity contribution is -0.150. The number of carbonyl (C=O) groups excluding carboxylic acids is 2. The van der Waals surface area contributed by atoms with E-state index in [-0.39, 0.29) is 11.7 Å². The van der Waals surface area contributed by atoms with Gasteiger partial charge in [0.15, 0.2) is 6.10 Å². The van der Waals surface area contributed by atoms with Crippen LogP contribution < -0.4 is 5.32 Å². The zero-order valence-electron chi connectivity index (χ0n) is 16.2. The number of nitrogens with zero attached hydrogens (tertiary/aromatic N) is 2. The SMILES string of the molecule is Cc1nn(C)c(C)c1NC(=O)C(C)OC(=O)CSc1ccc2c(c1)CCC2. The molecule has 1 amide bonds. The third-order valence-electron chi connectivity index (χ3n) is 4.86. The van der Waals surface area contributed by atoms with Crippen molar-refractivity contribution in [3.63, 3.8) is 0 Å². The molecule has 0 saturated heterocycles. The standard InChI is InChI=1S/C20H25N3O3S/c1-12-19(13(2)23(4)22-12)21-20(25)14(3)26-18(24)11-27-17-9-8-15-6-5-7-16(15)10-17/h8-10,14H,5-7,11H2,1-4H3,(H,21,25). The van der Waals surface area contributed by atoms with Crippen LogP contribution in [0.3, 0.4) is 0 Å². The lowest BCUT2D eigenvalue weighted by atomic mass is 10.1. The van der Waals surface area contributed by atoms with Gasteiger partial charge in [0.1, 0.15) is 0 Å². The van der Waals surface area contributed by atoms with Crippen molar-refractivity contribution >= 4 is 29.3 Å². The fraction of sp³-hybridized carbons (Fsp3) is 0.450. The van der Waals surface area contributed by atoms with E-state index < -0.39 is 12.1 Å². The number of amides is 1. The van der Waals surface area contributed by atoms with Crippen LogP contribution in [0, 0.1) is 13.8 Å². The molecule has 1 aromatic carbocycles. The van der Waals surface area contributed by atoms with Crippen molar-refractivity contribution in [1.29, 1.82) is 0 Å². The number of anilines is 1. The third kappa shape index (κ3) is 4.53. The van der Waals surface area contributed by atoms with Crippen molar-refractivity contribution in [1.82, 2.24) is 9.78 Å². The first kappa shape index (κ1) is 19.5. The summed E-state index contributed by atoms with van der Waals surface area (Å²) in [6.07, 6.45) is 2.59. The summed E-state index contributed by atoms with van der Waals surface area (Å²) in [4.78, 5) is 25.5. The fourth-order valence-electron chi connectivity index (χ4n) is 3.24. The van der Waals surface area contributed by atoms with Gasteiger partial charge in [0.05, 0.1) is 22.8 Å². The van der Waals surface area contributed by atoms with Gasteiger partial charge in [-0.15, -0.1) is 11.8 Å². The molecule has 1 aliphatic carbocycles. The first-order valence-corrected chi connectivity index (χ1v) is 10.1. The molecule has 0 aliphatic heterocycles. The second kappa shape index (κ2) is 8.17. The molecule has 27 heavy (non-hydrogen) atoms. The van der Waals surface area contributed by atoms with Crippen molar-refractivity contribution in [2.75, 3.05) is 11.1 Å². The highest BCUT2D eigenvalue weighted by Gasteiger charge is 2.21. The average Bonchev–Trinajstić information content (AvgIpc) is 3.19. The monoisotopic (exact) mass is 387 g/mol. The molecular weight excluding hydrogens is 362 g/mol. The Morgan fingerprint density at radius 2 is 2.04 bits per heavy atom. The van der Waals surface area contributed by atoms with E-state index in [1.807, 2.05) is 27.0 Å². The molecule has 6 nitrogen and oxygen atoms in total. The molecule has 0 saturated carbocycles. The molecule has 1 aromatic heterocycles. The van der Waals surface area contributed by atoms with Gasteiger partial charge in [-0.05, 0) is 63.3 Å². The zero-order chi connectivity index (χ0) is 19.6. The fourth-order valence-corrected chi connectivity index (χ4v) is 3.99. The molecule has 1 heterocycles. The number of ether oxygens (including phenoxy) is 1. The predicted octanol–water partition coefficient (Wildman–Crippen LogP) is 3.19. The predicted molar refractivity (Wildman–Crippen MR) is 106 cm³/mol. The quantitative estimate of drug-likeness (QED) is 0.609. The molecule has 1 atom stereocenters. The van der Waals surface area contributed by atoms with E-state index in [0.717, 1.165) is 29.1 Å². The number of hydrogen-bond donors (Lipinski definition) is 1. The molecule has 0 spiro atoms. The highest BCUT2D eigenvalue weighted by molar-refractivity contribution is 8.00. The van der Waals surface area contributed by atoms with Gasteiger partial charge < -0.3 is 10.1 Å². The summed E-state index contributed by atoms with van der Waals surface area (Å²) in [5.41, 5.74) is 5.04. The number of fused-ring (bicyclic) bond motifs is 1. The second-order valence-corrected chi connectivity index (χ2v) is 7.91. The zero-order valence-corrected chi connectivity index (χ0v) is 17.0. The first-order chi connectivity index (χ1) is 12.8. The van der Waals surface area contributed by atoms with Crippen molar-refractivity contribution in [3.8, 4) is 0 Å². The number of benzene rings is 1. The minimum atomic E-state index is -0.864. The number of rotatable bonds is 6. The molecular formula is C20H25N3O3S. The first-order valence-electron chi connectivity index (χ1n) is 9.10. The van der Waals surface area contributed by atoms with Gasteiger partial charge in [0.2, 0.25) is 0 Å². The van der Waals surface area contributed by atoms with Gasteiger partial charge in [-0.2, -0.15) is 5.10 Å². The number of thioether (sulfide) groups is 1. The van der Waals surface area contributed by atoms with Crippen LogP contribution in [0.25, 0.3) is 0 Å². The Morgan fingerprint density at radius 3 is 2.74 bits per heavy atom. The largest absolute Gasteiger partial charge is 0.452 e. The van der Waals surface area contributed by atoms with E-state index in [0.29, 0.717) is 5.69 Å². The van der Waals surface area contributed by atoms with E-state index in [4.69, 9.17) is 4.74 Å². The summed E-state index contributed by atoms with van der Waals surface area (Å²) in [6.45, 7) is 5.28. The summed E-state index contributed by atoms with van der Waals surface area (Å²) in [5.74, 6) is -0.575. The minimum absolute atomic E-state index is 0.182. The van der Waals surface area contributed by atoms with E-state index >= 15 is 0 Å². The Labute approximate surface area is 163 Å².